The third-order valence-electron chi connectivity index (χ3n) is 3.54. The van der Waals surface area contributed by atoms with Gasteiger partial charge in [-0.05, 0) is 18.9 Å². The molecular formula is C13H16ClN3O4. The summed E-state index contributed by atoms with van der Waals surface area (Å²) in [5, 5.41) is 16.7. The zero-order chi connectivity index (χ0) is 15.6. The van der Waals surface area contributed by atoms with E-state index >= 15 is 0 Å². The highest BCUT2D eigenvalue weighted by Crippen LogP contribution is 2.33. The van der Waals surface area contributed by atoms with Crippen LogP contribution < -0.4 is 10.6 Å². The topological polar surface area (TPSA) is 93.5 Å². The van der Waals surface area contributed by atoms with E-state index in [4.69, 9.17) is 16.3 Å². The lowest BCUT2D eigenvalue weighted by molar-refractivity contribution is -0.383. The maximum Gasteiger partial charge on any atom is 0.294 e. The molecule has 1 amide bonds. The number of hydrogen-bond donors (Lipinski definition) is 2. The standard InChI is InChI=1S/C13H16ClN3O4/c1-15-12-10(14)3-7(4-11(12)17(19)20)13(18)16-8-5-9(6-8)21-2/h3-4,8-9,15H,5-6H2,1-2H3,(H,16,18). The molecule has 0 unspecified atom stereocenters. The van der Waals surface area contributed by atoms with Gasteiger partial charge < -0.3 is 15.4 Å². The van der Waals surface area contributed by atoms with Crippen LogP contribution in [0.3, 0.4) is 0 Å². The molecule has 0 spiro atoms. The lowest BCUT2D eigenvalue weighted by Crippen LogP contribution is -2.47. The monoisotopic (exact) mass is 313 g/mol. The number of nitrogens with one attached hydrogen (secondary N) is 2. The molecule has 2 N–H and O–H groups in total. The van der Waals surface area contributed by atoms with Gasteiger partial charge in [-0.25, -0.2) is 0 Å². The quantitative estimate of drug-likeness (QED) is 0.642. The third-order valence-corrected chi connectivity index (χ3v) is 3.84. The first kappa shape index (κ1) is 15.5. The van der Waals surface area contributed by atoms with E-state index in [2.05, 4.69) is 10.6 Å². The van der Waals surface area contributed by atoms with E-state index in [0.717, 1.165) is 12.8 Å². The minimum atomic E-state index is -0.571. The fourth-order valence-electron chi connectivity index (χ4n) is 2.26. The number of methoxy groups -OCH3 is 1. The fraction of sp³-hybridized carbons (Fsp3) is 0.462. The van der Waals surface area contributed by atoms with Gasteiger partial charge in [0, 0.05) is 31.8 Å². The van der Waals surface area contributed by atoms with Gasteiger partial charge in [-0.2, -0.15) is 0 Å². The van der Waals surface area contributed by atoms with Gasteiger partial charge in [0.05, 0.1) is 16.0 Å². The molecule has 8 heteroatoms. The van der Waals surface area contributed by atoms with Crippen molar-refractivity contribution in [3.8, 4) is 0 Å². The lowest BCUT2D eigenvalue weighted by atomic mass is 9.89. The van der Waals surface area contributed by atoms with Crippen molar-refractivity contribution in [3.05, 3.63) is 32.8 Å². The van der Waals surface area contributed by atoms with Gasteiger partial charge in [-0.3, -0.25) is 14.9 Å². The number of carbonyl (C=O) groups excluding carboxylic acids is 1. The highest BCUT2D eigenvalue weighted by molar-refractivity contribution is 6.34. The van der Waals surface area contributed by atoms with Crippen molar-refractivity contribution in [2.24, 2.45) is 0 Å². The predicted molar refractivity (Wildman–Crippen MR) is 78.9 cm³/mol. The van der Waals surface area contributed by atoms with Crippen molar-refractivity contribution in [1.29, 1.82) is 0 Å². The average molecular weight is 314 g/mol. The van der Waals surface area contributed by atoms with Gasteiger partial charge in [-0.1, -0.05) is 11.6 Å². The van der Waals surface area contributed by atoms with Gasteiger partial charge in [0.15, 0.2) is 0 Å². The minimum absolute atomic E-state index is 0.0317. The van der Waals surface area contributed by atoms with Crippen LogP contribution in [0.15, 0.2) is 12.1 Å². The number of ether oxygens (including phenoxy) is 1. The van der Waals surface area contributed by atoms with E-state index in [-0.39, 0.29) is 40.0 Å². The Hall–Kier alpha value is -1.86. The molecule has 1 aromatic rings. The summed E-state index contributed by atoms with van der Waals surface area (Å²) in [7, 11) is 3.16. The van der Waals surface area contributed by atoms with Crippen molar-refractivity contribution < 1.29 is 14.5 Å². The molecule has 0 aliphatic heterocycles. The molecule has 0 aromatic heterocycles. The molecule has 0 atom stereocenters. The summed E-state index contributed by atoms with van der Waals surface area (Å²) in [6.07, 6.45) is 1.65. The molecule has 1 aliphatic rings. The number of anilines is 1. The maximum absolute atomic E-state index is 12.1. The second-order valence-corrected chi connectivity index (χ2v) is 5.27. The second-order valence-electron chi connectivity index (χ2n) is 4.86. The molecular weight excluding hydrogens is 298 g/mol. The van der Waals surface area contributed by atoms with Crippen LogP contribution >= 0.6 is 11.6 Å². The lowest BCUT2D eigenvalue weighted by Gasteiger charge is -2.34. The maximum atomic E-state index is 12.1. The summed E-state index contributed by atoms with van der Waals surface area (Å²) >= 11 is 5.99. The smallest absolute Gasteiger partial charge is 0.294 e. The normalized spacial score (nSPS) is 20.5. The number of nitro benzene ring substituents is 1. The average Bonchev–Trinajstić information content (AvgIpc) is 2.40. The number of rotatable bonds is 5. The van der Waals surface area contributed by atoms with E-state index in [1.54, 1.807) is 7.11 Å². The van der Waals surface area contributed by atoms with Gasteiger partial charge in [0.25, 0.3) is 11.6 Å². The number of halogens is 1. The van der Waals surface area contributed by atoms with Gasteiger partial charge in [0.2, 0.25) is 0 Å². The van der Waals surface area contributed by atoms with Crippen LogP contribution in [-0.2, 0) is 4.74 Å². The van der Waals surface area contributed by atoms with Crippen molar-refractivity contribution in [2.45, 2.75) is 25.0 Å². The first-order chi connectivity index (χ1) is 9.96. The fourth-order valence-corrected chi connectivity index (χ4v) is 2.57. The van der Waals surface area contributed by atoms with Crippen LogP contribution in [0.1, 0.15) is 23.2 Å². The molecule has 114 valence electrons. The highest BCUT2D eigenvalue weighted by Gasteiger charge is 2.31. The molecule has 2 rings (SSSR count). The molecule has 1 aromatic carbocycles. The zero-order valence-corrected chi connectivity index (χ0v) is 12.4. The first-order valence-electron chi connectivity index (χ1n) is 6.45. The van der Waals surface area contributed by atoms with Crippen LogP contribution in [0.5, 0.6) is 0 Å². The Bertz CT molecular complexity index is 573. The summed E-state index contributed by atoms with van der Waals surface area (Å²) in [6, 6.07) is 2.67. The van der Waals surface area contributed by atoms with E-state index < -0.39 is 4.92 Å². The summed E-state index contributed by atoms with van der Waals surface area (Å²) in [5.74, 6) is -0.373. The molecule has 1 fully saturated rings. The van der Waals surface area contributed by atoms with Gasteiger partial charge >= 0.3 is 0 Å². The summed E-state index contributed by atoms with van der Waals surface area (Å²) < 4.78 is 5.13. The first-order valence-corrected chi connectivity index (χ1v) is 6.83. The molecule has 0 heterocycles. The van der Waals surface area contributed by atoms with Crippen LogP contribution in [0.2, 0.25) is 5.02 Å². The number of amides is 1. The van der Waals surface area contributed by atoms with Crippen molar-refractivity contribution in [3.63, 3.8) is 0 Å². The SMILES string of the molecule is CNc1c(Cl)cc(C(=O)NC2CC(OC)C2)cc1[N+](=O)[O-]. The van der Waals surface area contributed by atoms with Crippen LogP contribution in [0, 0.1) is 10.1 Å². The third kappa shape index (κ3) is 3.25. The molecule has 0 bridgehead atoms. The number of carbonyl (C=O) groups is 1. The molecule has 0 saturated heterocycles. The van der Waals surface area contributed by atoms with Crippen LogP contribution in [-0.4, -0.2) is 37.1 Å². The largest absolute Gasteiger partial charge is 0.381 e. The van der Waals surface area contributed by atoms with Crippen LogP contribution in [0.4, 0.5) is 11.4 Å². The number of benzene rings is 1. The summed E-state index contributed by atoms with van der Waals surface area (Å²) in [5.41, 5.74) is 0.145. The van der Waals surface area contributed by atoms with Gasteiger partial charge in [0.1, 0.15) is 5.69 Å². The number of nitro groups is 1. The minimum Gasteiger partial charge on any atom is -0.381 e. The van der Waals surface area contributed by atoms with Crippen molar-refractivity contribution in [2.75, 3.05) is 19.5 Å². The van der Waals surface area contributed by atoms with E-state index in [0.29, 0.717) is 0 Å². The Morgan fingerprint density at radius 1 is 1.48 bits per heavy atom. The predicted octanol–water partition coefficient (Wildman–Crippen LogP) is 2.20. The zero-order valence-electron chi connectivity index (χ0n) is 11.7. The Kier molecular flexibility index (Phi) is 4.64. The Morgan fingerprint density at radius 3 is 2.67 bits per heavy atom. The second kappa shape index (κ2) is 6.28. The Balaban J connectivity index is 2.16. The number of hydrogen-bond acceptors (Lipinski definition) is 5. The molecule has 1 aliphatic carbocycles. The summed E-state index contributed by atoms with van der Waals surface area (Å²) in [6.45, 7) is 0. The summed E-state index contributed by atoms with van der Waals surface area (Å²) in [4.78, 5) is 22.6. The molecule has 21 heavy (non-hydrogen) atoms. The van der Waals surface area contributed by atoms with E-state index in [9.17, 15) is 14.9 Å². The Morgan fingerprint density at radius 2 is 2.14 bits per heavy atom. The van der Waals surface area contributed by atoms with Crippen LogP contribution in [0.25, 0.3) is 0 Å². The van der Waals surface area contributed by atoms with Crippen molar-refractivity contribution in [1.82, 2.24) is 5.32 Å². The molecule has 0 radical (unpaired) electrons. The van der Waals surface area contributed by atoms with Crippen molar-refractivity contribution >= 4 is 28.9 Å². The van der Waals surface area contributed by atoms with Gasteiger partial charge in [-0.15, -0.1) is 0 Å². The molecule has 1 saturated carbocycles. The highest BCUT2D eigenvalue weighted by atomic mass is 35.5. The Labute approximate surface area is 126 Å². The van der Waals surface area contributed by atoms with E-state index in [1.807, 2.05) is 0 Å². The molecule has 7 nitrogen and oxygen atoms in total. The number of nitrogens with zero attached hydrogens (tertiary/aromatic N) is 1. The van der Waals surface area contributed by atoms with E-state index in [1.165, 1.54) is 19.2 Å².